The number of aliphatic carboxylic acids is 1. The van der Waals surface area contributed by atoms with Gasteiger partial charge in [0.1, 0.15) is 12.3 Å². The van der Waals surface area contributed by atoms with Crippen LogP contribution < -0.4 is 10.1 Å². The molecule has 0 unspecified atom stereocenters. The lowest BCUT2D eigenvalue weighted by Crippen LogP contribution is -2.16. The van der Waals surface area contributed by atoms with Crippen molar-refractivity contribution < 1.29 is 19.4 Å². The van der Waals surface area contributed by atoms with Crippen LogP contribution in [0.2, 0.25) is 0 Å². The van der Waals surface area contributed by atoms with Crippen molar-refractivity contribution in [1.82, 2.24) is 9.78 Å². The summed E-state index contributed by atoms with van der Waals surface area (Å²) in [5.74, 6) is -0.598. The molecule has 0 aliphatic heterocycles. The number of ether oxygens (including phenoxy) is 1. The summed E-state index contributed by atoms with van der Waals surface area (Å²) in [5.41, 5.74) is 0.363. The molecule has 2 rings (SSSR count). The first kappa shape index (κ1) is 12.6. The van der Waals surface area contributed by atoms with Gasteiger partial charge >= 0.3 is 12.1 Å². The molecule has 7 heteroatoms. The number of nitrogens with zero attached hydrogens (tertiary/aromatic N) is 2. The van der Waals surface area contributed by atoms with Gasteiger partial charge in [-0.1, -0.05) is 18.2 Å². The number of hydrogen-bond donors (Lipinski definition) is 2. The highest BCUT2D eigenvalue weighted by molar-refractivity contribution is 5.85. The molecule has 0 bridgehead atoms. The molecule has 1 aromatic heterocycles. The van der Waals surface area contributed by atoms with Crippen molar-refractivity contribution in [3.05, 3.63) is 42.7 Å². The van der Waals surface area contributed by atoms with E-state index in [2.05, 4.69) is 10.4 Å². The van der Waals surface area contributed by atoms with E-state index in [-0.39, 0.29) is 6.54 Å². The average Bonchev–Trinajstić information content (AvgIpc) is 2.76. The summed E-state index contributed by atoms with van der Waals surface area (Å²) < 4.78 is 6.20. The molecule has 0 fully saturated rings. The highest BCUT2D eigenvalue weighted by Crippen LogP contribution is 2.10. The van der Waals surface area contributed by atoms with Gasteiger partial charge in [-0.2, -0.15) is 5.10 Å². The van der Waals surface area contributed by atoms with Crippen LogP contribution in [0.25, 0.3) is 0 Å². The molecule has 19 heavy (non-hydrogen) atoms. The summed E-state index contributed by atoms with van der Waals surface area (Å²) in [5, 5.41) is 14.8. The Labute approximate surface area is 108 Å². The Morgan fingerprint density at radius 1 is 1.32 bits per heavy atom. The minimum Gasteiger partial charge on any atom is -0.480 e. The maximum absolute atomic E-state index is 11.5. The number of hydrogen-bond acceptors (Lipinski definition) is 4. The van der Waals surface area contributed by atoms with E-state index < -0.39 is 12.1 Å². The molecule has 0 aliphatic carbocycles. The third-order valence-corrected chi connectivity index (χ3v) is 2.13. The van der Waals surface area contributed by atoms with Crippen LogP contribution in [0.15, 0.2) is 42.7 Å². The standard InChI is InChI=1S/C12H11N3O4/c16-11(17)8-15-7-9(6-13-15)14-12(18)19-10-4-2-1-3-5-10/h1-7H,8H2,(H,14,18)(H,16,17). The van der Waals surface area contributed by atoms with Crippen molar-refractivity contribution in [2.24, 2.45) is 0 Å². The second-order valence-corrected chi connectivity index (χ2v) is 3.65. The molecule has 0 radical (unpaired) electrons. The molecule has 0 aliphatic rings. The molecule has 0 atom stereocenters. The largest absolute Gasteiger partial charge is 0.480 e. The van der Waals surface area contributed by atoms with Gasteiger partial charge in [0.05, 0.1) is 11.9 Å². The van der Waals surface area contributed by atoms with Crippen molar-refractivity contribution in [1.29, 1.82) is 0 Å². The molecule has 98 valence electrons. The third kappa shape index (κ3) is 3.84. The number of carbonyl (C=O) groups excluding carboxylic acids is 1. The summed E-state index contributed by atoms with van der Waals surface area (Å²) in [6.07, 6.45) is 2.08. The summed E-state index contributed by atoms with van der Waals surface area (Å²) >= 11 is 0. The number of nitrogens with one attached hydrogen (secondary N) is 1. The number of para-hydroxylation sites is 1. The first-order valence-corrected chi connectivity index (χ1v) is 5.41. The maximum atomic E-state index is 11.5. The number of carboxylic acid groups (broad SMARTS) is 1. The summed E-state index contributed by atoms with van der Waals surface area (Å²) in [4.78, 5) is 22.0. The first-order valence-electron chi connectivity index (χ1n) is 5.41. The zero-order valence-electron chi connectivity index (χ0n) is 9.81. The SMILES string of the molecule is O=C(O)Cn1cc(NC(=O)Oc2ccccc2)cn1. The fourth-order valence-electron chi connectivity index (χ4n) is 1.39. The fraction of sp³-hybridized carbons (Fsp3) is 0.0833. The van der Waals surface area contributed by atoms with Crippen LogP contribution in [-0.2, 0) is 11.3 Å². The molecule has 0 saturated heterocycles. The van der Waals surface area contributed by atoms with Crippen LogP contribution in [-0.4, -0.2) is 26.9 Å². The normalized spacial score (nSPS) is 9.89. The van der Waals surface area contributed by atoms with E-state index in [9.17, 15) is 9.59 Å². The third-order valence-electron chi connectivity index (χ3n) is 2.13. The Kier molecular flexibility index (Phi) is 3.77. The van der Waals surface area contributed by atoms with Crippen molar-refractivity contribution in [3.63, 3.8) is 0 Å². The summed E-state index contributed by atoms with van der Waals surface area (Å²) in [6.45, 7) is -0.268. The molecular weight excluding hydrogens is 250 g/mol. The Bertz CT molecular complexity index is 580. The Morgan fingerprint density at radius 2 is 2.05 bits per heavy atom. The van der Waals surface area contributed by atoms with Gasteiger partial charge in [-0.3, -0.25) is 14.8 Å². The molecule has 1 amide bonds. The van der Waals surface area contributed by atoms with E-state index in [1.807, 2.05) is 0 Å². The highest BCUT2D eigenvalue weighted by atomic mass is 16.6. The second-order valence-electron chi connectivity index (χ2n) is 3.65. The molecule has 2 N–H and O–H groups in total. The van der Waals surface area contributed by atoms with Crippen LogP contribution in [0.3, 0.4) is 0 Å². The molecule has 0 saturated carbocycles. The lowest BCUT2D eigenvalue weighted by atomic mass is 10.3. The molecule has 2 aromatic rings. The zero-order valence-corrected chi connectivity index (χ0v) is 9.81. The van der Waals surface area contributed by atoms with Crippen LogP contribution in [0.4, 0.5) is 10.5 Å². The van der Waals surface area contributed by atoms with Gasteiger partial charge in [-0.25, -0.2) is 4.79 Å². The number of benzene rings is 1. The summed E-state index contributed by atoms with van der Waals surface area (Å²) in [7, 11) is 0. The Morgan fingerprint density at radius 3 is 2.74 bits per heavy atom. The van der Waals surface area contributed by atoms with Crippen LogP contribution >= 0.6 is 0 Å². The fourth-order valence-corrected chi connectivity index (χ4v) is 1.39. The lowest BCUT2D eigenvalue weighted by molar-refractivity contribution is -0.137. The smallest absolute Gasteiger partial charge is 0.417 e. The number of carboxylic acids is 1. The average molecular weight is 261 g/mol. The Balaban J connectivity index is 1.92. The van der Waals surface area contributed by atoms with Crippen molar-refractivity contribution >= 4 is 17.7 Å². The number of rotatable bonds is 4. The number of aromatic nitrogens is 2. The molecule has 1 aromatic carbocycles. The van der Waals surface area contributed by atoms with E-state index in [0.29, 0.717) is 11.4 Å². The second kappa shape index (κ2) is 5.67. The molecule has 1 heterocycles. The molecular formula is C12H11N3O4. The number of anilines is 1. The van der Waals surface area contributed by atoms with E-state index in [4.69, 9.17) is 9.84 Å². The topological polar surface area (TPSA) is 93.5 Å². The zero-order chi connectivity index (χ0) is 13.7. The molecule has 7 nitrogen and oxygen atoms in total. The molecule has 0 spiro atoms. The number of carbonyl (C=O) groups is 2. The van der Waals surface area contributed by atoms with Crippen LogP contribution in [0.1, 0.15) is 0 Å². The predicted octanol–water partition coefficient (Wildman–Crippen LogP) is 1.58. The predicted molar refractivity (Wildman–Crippen MR) is 66.0 cm³/mol. The minimum atomic E-state index is -1.01. The van der Waals surface area contributed by atoms with Gasteiger partial charge in [-0.05, 0) is 12.1 Å². The van der Waals surface area contributed by atoms with Gasteiger partial charge in [0.25, 0.3) is 0 Å². The number of amides is 1. The van der Waals surface area contributed by atoms with E-state index >= 15 is 0 Å². The quantitative estimate of drug-likeness (QED) is 0.871. The maximum Gasteiger partial charge on any atom is 0.417 e. The van der Waals surface area contributed by atoms with Gasteiger partial charge in [0.2, 0.25) is 0 Å². The van der Waals surface area contributed by atoms with Gasteiger partial charge in [0.15, 0.2) is 0 Å². The van der Waals surface area contributed by atoms with E-state index in [1.165, 1.54) is 17.1 Å². The van der Waals surface area contributed by atoms with Crippen LogP contribution in [0.5, 0.6) is 5.75 Å². The summed E-state index contributed by atoms with van der Waals surface area (Å²) in [6, 6.07) is 8.59. The van der Waals surface area contributed by atoms with Crippen molar-refractivity contribution in [2.75, 3.05) is 5.32 Å². The monoisotopic (exact) mass is 261 g/mol. The van der Waals surface area contributed by atoms with Crippen LogP contribution in [0, 0.1) is 0 Å². The highest BCUT2D eigenvalue weighted by Gasteiger charge is 2.07. The Hall–Kier alpha value is -2.83. The van der Waals surface area contributed by atoms with E-state index in [1.54, 1.807) is 30.3 Å². The van der Waals surface area contributed by atoms with Crippen molar-refractivity contribution in [3.8, 4) is 5.75 Å². The van der Waals surface area contributed by atoms with Gasteiger partial charge < -0.3 is 9.84 Å². The van der Waals surface area contributed by atoms with E-state index in [0.717, 1.165) is 0 Å². The van der Waals surface area contributed by atoms with Gasteiger partial charge in [0, 0.05) is 6.20 Å². The van der Waals surface area contributed by atoms with Gasteiger partial charge in [-0.15, -0.1) is 0 Å². The minimum absolute atomic E-state index is 0.268. The van der Waals surface area contributed by atoms with Crippen molar-refractivity contribution in [2.45, 2.75) is 6.54 Å². The first-order chi connectivity index (χ1) is 9.13. The lowest BCUT2D eigenvalue weighted by Gasteiger charge is -2.03.